The molecule has 0 radical (unpaired) electrons. The summed E-state index contributed by atoms with van der Waals surface area (Å²) in [6.45, 7) is 6.61. The van der Waals surface area contributed by atoms with Gasteiger partial charge in [-0.25, -0.2) is 0 Å². The quantitative estimate of drug-likeness (QED) is 0.810. The van der Waals surface area contributed by atoms with Crippen LogP contribution >= 0.6 is 0 Å². The van der Waals surface area contributed by atoms with Gasteiger partial charge in [-0.2, -0.15) is 0 Å². The summed E-state index contributed by atoms with van der Waals surface area (Å²) in [6, 6.07) is 7.01. The first kappa shape index (κ1) is 18.1. The van der Waals surface area contributed by atoms with E-state index in [9.17, 15) is 9.59 Å². The van der Waals surface area contributed by atoms with Crippen LogP contribution in [0.1, 0.15) is 38.1 Å². The number of ketones is 1. The van der Waals surface area contributed by atoms with Gasteiger partial charge in [-0.3, -0.25) is 9.59 Å². The Morgan fingerprint density at radius 2 is 1.70 bits per heavy atom. The predicted molar refractivity (Wildman–Crippen MR) is 76.1 cm³/mol. The Morgan fingerprint density at radius 3 is 2.10 bits per heavy atom. The first-order valence-electron chi connectivity index (χ1n) is 6.39. The number of aliphatic hydroxyl groups is 1. The largest absolute Gasteiger partial charge is 0.490 e. The molecule has 5 nitrogen and oxygen atoms in total. The zero-order valence-electron chi connectivity index (χ0n) is 12.3. The highest BCUT2D eigenvalue weighted by Gasteiger charge is 2.07. The van der Waals surface area contributed by atoms with Crippen LogP contribution in [0.15, 0.2) is 24.3 Å². The Balaban J connectivity index is 0.000000511. The molecule has 1 rings (SSSR count). The lowest BCUT2D eigenvalue weighted by Crippen LogP contribution is -2.14. The maximum absolute atomic E-state index is 11.2. The number of para-hydroxylation sites is 1. The highest BCUT2D eigenvalue weighted by atomic mass is 16.5. The number of rotatable bonds is 5. The lowest BCUT2D eigenvalue weighted by Gasteiger charge is -2.10. The number of aliphatic hydroxyl groups excluding tert-OH is 1. The lowest BCUT2D eigenvalue weighted by molar-refractivity contribution is -0.140. The molecule has 1 aromatic carbocycles. The molecule has 0 aromatic heterocycles. The van der Waals surface area contributed by atoms with E-state index >= 15 is 0 Å². The number of aliphatic carboxylic acids is 1. The highest BCUT2D eigenvalue weighted by Crippen LogP contribution is 2.18. The molecule has 5 heteroatoms. The van der Waals surface area contributed by atoms with Crippen molar-refractivity contribution in [3.8, 4) is 5.75 Å². The van der Waals surface area contributed by atoms with E-state index in [1.54, 1.807) is 45.0 Å². The molecular weight excluding hydrogens is 260 g/mol. The molecule has 0 spiro atoms. The summed E-state index contributed by atoms with van der Waals surface area (Å²) in [5.74, 6) is -0.480. The molecular formula is C15H22O5. The van der Waals surface area contributed by atoms with E-state index in [1.807, 2.05) is 0 Å². The van der Waals surface area contributed by atoms with E-state index in [0.29, 0.717) is 11.3 Å². The van der Waals surface area contributed by atoms with Gasteiger partial charge < -0.3 is 14.9 Å². The van der Waals surface area contributed by atoms with E-state index < -0.39 is 12.1 Å². The van der Waals surface area contributed by atoms with Crippen LogP contribution in [-0.4, -0.2) is 34.7 Å². The third kappa shape index (κ3) is 7.53. The molecule has 0 bridgehead atoms. The second kappa shape index (κ2) is 9.09. The van der Waals surface area contributed by atoms with Crippen LogP contribution in [0.4, 0.5) is 0 Å². The first-order valence-corrected chi connectivity index (χ1v) is 6.39. The van der Waals surface area contributed by atoms with Crippen molar-refractivity contribution in [2.24, 2.45) is 5.92 Å². The van der Waals surface area contributed by atoms with Crippen molar-refractivity contribution in [2.75, 3.05) is 6.61 Å². The van der Waals surface area contributed by atoms with Gasteiger partial charge in [0.05, 0.1) is 17.6 Å². The van der Waals surface area contributed by atoms with E-state index in [-0.39, 0.29) is 18.3 Å². The van der Waals surface area contributed by atoms with Crippen LogP contribution in [-0.2, 0) is 4.79 Å². The fourth-order valence-electron chi connectivity index (χ4n) is 1.09. The molecule has 112 valence electrons. The summed E-state index contributed by atoms with van der Waals surface area (Å²) in [5, 5.41) is 17.0. The number of Topliss-reactive ketones (excluding diaryl/α,β-unsaturated/α-hetero) is 1. The third-order valence-corrected chi connectivity index (χ3v) is 2.24. The Morgan fingerprint density at radius 1 is 1.20 bits per heavy atom. The van der Waals surface area contributed by atoms with Gasteiger partial charge in [-0.05, 0) is 26.0 Å². The number of hydrogen-bond donors (Lipinski definition) is 2. The molecule has 0 aliphatic heterocycles. The maximum atomic E-state index is 11.2. The number of carbonyl (C=O) groups excluding carboxylic acids is 1. The Bertz CT molecular complexity index is 438. The summed E-state index contributed by atoms with van der Waals surface area (Å²) in [5.41, 5.74) is 0.549. The number of carboxylic acid groups (broad SMARTS) is 1. The minimum atomic E-state index is -0.741. The van der Waals surface area contributed by atoms with E-state index in [0.717, 1.165) is 0 Å². The topological polar surface area (TPSA) is 83.8 Å². The van der Waals surface area contributed by atoms with E-state index in [2.05, 4.69) is 0 Å². The number of benzene rings is 1. The Labute approximate surface area is 119 Å². The van der Waals surface area contributed by atoms with Crippen molar-refractivity contribution in [1.82, 2.24) is 0 Å². The van der Waals surface area contributed by atoms with Crippen molar-refractivity contribution in [2.45, 2.75) is 33.8 Å². The maximum Gasteiger partial charge on any atom is 0.305 e. The van der Waals surface area contributed by atoms with Crippen LogP contribution in [0.25, 0.3) is 0 Å². The molecule has 0 aliphatic carbocycles. The average molecular weight is 282 g/mol. The SMILES string of the molecule is CC(=O)c1ccccc1OCC(C)O.CC(C)C(=O)O. The van der Waals surface area contributed by atoms with Crippen molar-refractivity contribution in [1.29, 1.82) is 0 Å². The third-order valence-electron chi connectivity index (χ3n) is 2.24. The van der Waals surface area contributed by atoms with Crippen LogP contribution in [0.2, 0.25) is 0 Å². The number of hydrogen-bond acceptors (Lipinski definition) is 4. The van der Waals surface area contributed by atoms with Gasteiger partial charge in [-0.1, -0.05) is 26.0 Å². The fourth-order valence-corrected chi connectivity index (χ4v) is 1.09. The van der Waals surface area contributed by atoms with Crippen molar-refractivity contribution in [3.05, 3.63) is 29.8 Å². The smallest absolute Gasteiger partial charge is 0.305 e. The van der Waals surface area contributed by atoms with Crippen molar-refractivity contribution in [3.63, 3.8) is 0 Å². The monoisotopic (exact) mass is 282 g/mol. The Kier molecular flexibility index (Phi) is 8.24. The standard InChI is InChI=1S/C11H14O3.C4H8O2/c1-8(12)7-14-11-6-4-3-5-10(11)9(2)13;1-3(2)4(5)6/h3-6,8,12H,7H2,1-2H3;3H,1-2H3,(H,5,6). The fraction of sp³-hybridized carbons (Fsp3) is 0.467. The summed E-state index contributed by atoms with van der Waals surface area (Å²) in [7, 11) is 0. The molecule has 20 heavy (non-hydrogen) atoms. The molecule has 0 amide bonds. The minimum Gasteiger partial charge on any atom is -0.490 e. The van der Waals surface area contributed by atoms with Gasteiger partial charge in [0.15, 0.2) is 5.78 Å². The van der Waals surface area contributed by atoms with Crippen molar-refractivity contribution < 1.29 is 24.5 Å². The van der Waals surface area contributed by atoms with Crippen LogP contribution in [0, 0.1) is 5.92 Å². The number of ether oxygens (including phenoxy) is 1. The zero-order valence-corrected chi connectivity index (χ0v) is 12.3. The zero-order chi connectivity index (χ0) is 15.7. The second-order valence-electron chi connectivity index (χ2n) is 4.71. The molecule has 1 aromatic rings. The van der Waals surface area contributed by atoms with Gasteiger partial charge in [0.2, 0.25) is 0 Å². The summed E-state index contributed by atoms with van der Waals surface area (Å²) < 4.78 is 5.29. The highest BCUT2D eigenvalue weighted by molar-refractivity contribution is 5.96. The number of carbonyl (C=O) groups is 2. The lowest BCUT2D eigenvalue weighted by atomic mass is 10.1. The summed E-state index contributed by atoms with van der Waals surface area (Å²) in [6.07, 6.45) is -0.532. The molecule has 0 saturated heterocycles. The van der Waals surface area contributed by atoms with Crippen molar-refractivity contribution >= 4 is 11.8 Å². The van der Waals surface area contributed by atoms with E-state index in [4.69, 9.17) is 14.9 Å². The molecule has 1 unspecified atom stereocenters. The molecule has 2 N–H and O–H groups in total. The molecule has 0 saturated carbocycles. The molecule has 1 atom stereocenters. The average Bonchev–Trinajstić information content (AvgIpc) is 2.37. The normalized spacial score (nSPS) is 11.3. The first-order chi connectivity index (χ1) is 9.25. The van der Waals surface area contributed by atoms with Crippen LogP contribution in [0.3, 0.4) is 0 Å². The van der Waals surface area contributed by atoms with Gasteiger partial charge in [0, 0.05) is 0 Å². The molecule has 0 heterocycles. The minimum absolute atomic E-state index is 0.0359. The number of carboxylic acids is 1. The second-order valence-corrected chi connectivity index (χ2v) is 4.71. The summed E-state index contributed by atoms with van der Waals surface area (Å²) >= 11 is 0. The Hall–Kier alpha value is -1.88. The molecule has 0 fully saturated rings. The van der Waals surface area contributed by atoms with Gasteiger partial charge >= 0.3 is 5.97 Å². The molecule has 0 aliphatic rings. The van der Waals surface area contributed by atoms with Gasteiger partial charge in [-0.15, -0.1) is 0 Å². The van der Waals surface area contributed by atoms with Gasteiger partial charge in [0.1, 0.15) is 12.4 Å². The van der Waals surface area contributed by atoms with Crippen LogP contribution < -0.4 is 4.74 Å². The summed E-state index contributed by atoms with van der Waals surface area (Å²) in [4.78, 5) is 20.9. The van der Waals surface area contributed by atoms with Gasteiger partial charge in [0.25, 0.3) is 0 Å². The van der Waals surface area contributed by atoms with E-state index in [1.165, 1.54) is 6.92 Å². The van der Waals surface area contributed by atoms with Crippen LogP contribution in [0.5, 0.6) is 5.75 Å². The predicted octanol–water partition coefficient (Wildman–Crippen LogP) is 2.38.